The van der Waals surface area contributed by atoms with E-state index in [1.54, 1.807) is 10.9 Å². The molecule has 0 aliphatic carbocycles. The van der Waals surface area contributed by atoms with E-state index in [0.29, 0.717) is 24.0 Å². The zero-order chi connectivity index (χ0) is 19.7. The highest BCUT2D eigenvalue weighted by molar-refractivity contribution is 5.94. The van der Waals surface area contributed by atoms with E-state index in [2.05, 4.69) is 33.4 Å². The van der Waals surface area contributed by atoms with Gasteiger partial charge in [0.15, 0.2) is 5.82 Å². The van der Waals surface area contributed by atoms with Crippen LogP contribution in [0.4, 0.5) is 17.5 Å². The van der Waals surface area contributed by atoms with Gasteiger partial charge in [-0.3, -0.25) is 4.68 Å². The molecule has 0 spiro atoms. The normalized spacial score (nSPS) is 11.1. The first kappa shape index (κ1) is 17.9. The van der Waals surface area contributed by atoms with Crippen LogP contribution in [-0.4, -0.2) is 31.5 Å². The second-order valence-electron chi connectivity index (χ2n) is 6.74. The summed E-state index contributed by atoms with van der Waals surface area (Å²) < 4.78 is 1.75. The van der Waals surface area contributed by atoms with Gasteiger partial charge in [-0.05, 0) is 36.9 Å². The van der Waals surface area contributed by atoms with Gasteiger partial charge in [-0.15, -0.1) is 0 Å². The van der Waals surface area contributed by atoms with Crippen LogP contribution in [-0.2, 0) is 6.54 Å². The fourth-order valence-corrected chi connectivity index (χ4v) is 3.26. The molecule has 0 amide bonds. The van der Waals surface area contributed by atoms with Crippen molar-refractivity contribution in [2.75, 3.05) is 17.7 Å². The number of aliphatic hydroxyl groups excluding tert-OH is 1. The van der Waals surface area contributed by atoms with Crippen LogP contribution in [0.15, 0.2) is 48.7 Å². The van der Waals surface area contributed by atoms with Crippen molar-refractivity contribution in [3.8, 4) is 11.3 Å². The molecule has 0 bridgehead atoms. The van der Waals surface area contributed by atoms with Crippen LogP contribution in [0.2, 0.25) is 0 Å². The van der Waals surface area contributed by atoms with Gasteiger partial charge in [-0.1, -0.05) is 24.3 Å². The van der Waals surface area contributed by atoms with Crippen molar-refractivity contribution < 1.29 is 5.11 Å². The molecular weight excluding hydrogens is 352 g/mol. The van der Waals surface area contributed by atoms with E-state index >= 15 is 0 Å². The molecule has 0 fully saturated rings. The zero-order valence-electron chi connectivity index (χ0n) is 15.8. The highest BCUT2D eigenvalue weighted by Crippen LogP contribution is 2.29. The third kappa shape index (κ3) is 3.39. The topological polar surface area (TPSA) is 102 Å². The molecule has 3 aromatic heterocycles. The van der Waals surface area contributed by atoms with Crippen LogP contribution in [0.25, 0.3) is 22.0 Å². The Hall–Kier alpha value is -3.45. The Morgan fingerprint density at radius 2 is 1.93 bits per heavy atom. The third-order valence-corrected chi connectivity index (χ3v) is 4.72. The predicted molar refractivity (Wildman–Crippen MR) is 111 cm³/mol. The molecule has 0 radical (unpaired) electrons. The van der Waals surface area contributed by atoms with E-state index in [1.165, 1.54) is 0 Å². The Bertz CT molecular complexity index is 1150. The predicted octanol–water partition coefficient (Wildman–Crippen LogP) is 3.43. The van der Waals surface area contributed by atoms with Crippen molar-refractivity contribution in [3.63, 3.8) is 0 Å². The van der Waals surface area contributed by atoms with Gasteiger partial charge in [0.05, 0.1) is 18.8 Å². The van der Waals surface area contributed by atoms with Gasteiger partial charge in [-0.25, -0.2) is 9.97 Å². The summed E-state index contributed by atoms with van der Waals surface area (Å²) in [5.41, 5.74) is 10.2. The molecule has 28 heavy (non-hydrogen) atoms. The van der Waals surface area contributed by atoms with Gasteiger partial charge in [0.25, 0.3) is 0 Å². The molecule has 0 aliphatic rings. The van der Waals surface area contributed by atoms with E-state index in [0.717, 1.165) is 33.3 Å². The minimum absolute atomic E-state index is 0.0458. The molecule has 0 atom stereocenters. The minimum atomic E-state index is 0.0458. The van der Waals surface area contributed by atoms with Crippen LogP contribution >= 0.6 is 0 Å². The maximum atomic E-state index is 9.12. The Morgan fingerprint density at radius 3 is 2.71 bits per heavy atom. The lowest BCUT2D eigenvalue weighted by Crippen LogP contribution is -2.06. The number of hydrogen-bond donors (Lipinski definition) is 3. The Labute approximate surface area is 162 Å². The van der Waals surface area contributed by atoms with Crippen molar-refractivity contribution >= 4 is 28.2 Å². The molecule has 0 saturated carbocycles. The number of anilines is 3. The monoisotopic (exact) mass is 374 g/mol. The first-order valence-electron chi connectivity index (χ1n) is 9.10. The number of fused-ring (bicyclic) bond motifs is 1. The standard InChI is InChI=1S/C21H22N6O/c1-13-5-3-4-6-16(13)18-10-15-11-19(23-12-17(15)21(22)24-18)25-20-9-14(2)27(26-20)7-8-28/h3-6,9-12,28H,7-8H2,1-2H3,(H2,22,24)(H,23,25,26). The zero-order valence-corrected chi connectivity index (χ0v) is 15.8. The summed E-state index contributed by atoms with van der Waals surface area (Å²) in [7, 11) is 0. The summed E-state index contributed by atoms with van der Waals surface area (Å²) >= 11 is 0. The van der Waals surface area contributed by atoms with Crippen LogP contribution in [0.5, 0.6) is 0 Å². The van der Waals surface area contributed by atoms with Gasteiger partial charge >= 0.3 is 0 Å². The fourth-order valence-electron chi connectivity index (χ4n) is 3.26. The number of aromatic nitrogens is 4. The molecule has 0 aliphatic heterocycles. The Balaban J connectivity index is 1.72. The third-order valence-electron chi connectivity index (χ3n) is 4.72. The average molecular weight is 374 g/mol. The molecule has 4 N–H and O–H groups in total. The fraction of sp³-hybridized carbons (Fsp3) is 0.190. The van der Waals surface area contributed by atoms with E-state index < -0.39 is 0 Å². The molecule has 0 saturated heterocycles. The van der Waals surface area contributed by atoms with Gasteiger partial charge in [0.1, 0.15) is 11.6 Å². The lowest BCUT2D eigenvalue weighted by Gasteiger charge is -2.10. The SMILES string of the molecule is Cc1ccccc1-c1cc2cc(Nc3cc(C)n(CCO)n3)ncc2c(N)n1. The van der Waals surface area contributed by atoms with E-state index in [4.69, 9.17) is 10.8 Å². The molecular formula is C21H22N6O. The van der Waals surface area contributed by atoms with Crippen molar-refractivity contribution in [3.05, 3.63) is 59.9 Å². The summed E-state index contributed by atoms with van der Waals surface area (Å²) in [4.78, 5) is 9.00. The van der Waals surface area contributed by atoms with Gasteiger partial charge < -0.3 is 16.2 Å². The van der Waals surface area contributed by atoms with Gasteiger partial charge in [0.2, 0.25) is 0 Å². The summed E-state index contributed by atoms with van der Waals surface area (Å²) in [6, 6.07) is 14.0. The van der Waals surface area contributed by atoms with Crippen LogP contribution in [0, 0.1) is 13.8 Å². The van der Waals surface area contributed by atoms with E-state index in [-0.39, 0.29) is 6.61 Å². The summed E-state index contributed by atoms with van der Waals surface area (Å²) in [6.07, 6.45) is 1.72. The second kappa shape index (κ2) is 7.28. The molecule has 7 nitrogen and oxygen atoms in total. The molecule has 4 rings (SSSR count). The van der Waals surface area contributed by atoms with Crippen LogP contribution < -0.4 is 11.1 Å². The molecule has 0 unspecified atom stereocenters. The number of nitrogens with zero attached hydrogens (tertiary/aromatic N) is 4. The van der Waals surface area contributed by atoms with E-state index in [1.807, 2.05) is 43.3 Å². The number of nitrogen functional groups attached to an aromatic ring is 1. The quantitative estimate of drug-likeness (QED) is 0.495. The molecule has 4 aromatic rings. The molecule has 7 heteroatoms. The maximum Gasteiger partial charge on any atom is 0.153 e. The molecule has 142 valence electrons. The summed E-state index contributed by atoms with van der Waals surface area (Å²) in [6.45, 7) is 4.51. The van der Waals surface area contributed by atoms with E-state index in [9.17, 15) is 0 Å². The van der Waals surface area contributed by atoms with Crippen molar-refractivity contribution in [1.29, 1.82) is 0 Å². The minimum Gasteiger partial charge on any atom is -0.394 e. The van der Waals surface area contributed by atoms with Crippen molar-refractivity contribution in [2.45, 2.75) is 20.4 Å². The number of benzene rings is 1. The number of aryl methyl sites for hydroxylation is 2. The first-order valence-corrected chi connectivity index (χ1v) is 9.10. The number of nitrogens with one attached hydrogen (secondary N) is 1. The largest absolute Gasteiger partial charge is 0.394 e. The number of aliphatic hydroxyl groups is 1. The second-order valence-corrected chi connectivity index (χ2v) is 6.74. The number of hydrogen-bond acceptors (Lipinski definition) is 6. The van der Waals surface area contributed by atoms with Gasteiger partial charge in [0, 0.05) is 28.9 Å². The number of nitrogens with two attached hydrogens (primary N) is 1. The molecule has 1 aromatic carbocycles. The molecule has 3 heterocycles. The first-order chi connectivity index (χ1) is 13.5. The lowest BCUT2D eigenvalue weighted by molar-refractivity contribution is 0.268. The van der Waals surface area contributed by atoms with Gasteiger partial charge in [-0.2, -0.15) is 5.10 Å². The Kier molecular flexibility index (Phi) is 4.67. The summed E-state index contributed by atoms with van der Waals surface area (Å²) in [5.74, 6) is 1.80. The summed E-state index contributed by atoms with van der Waals surface area (Å²) in [5, 5.41) is 18.5. The Morgan fingerprint density at radius 1 is 1.11 bits per heavy atom. The number of pyridine rings is 2. The van der Waals surface area contributed by atoms with Crippen LogP contribution in [0.3, 0.4) is 0 Å². The highest BCUT2D eigenvalue weighted by atomic mass is 16.3. The van der Waals surface area contributed by atoms with Crippen LogP contribution in [0.1, 0.15) is 11.3 Å². The lowest BCUT2D eigenvalue weighted by atomic mass is 10.0. The van der Waals surface area contributed by atoms with Crippen molar-refractivity contribution in [1.82, 2.24) is 19.7 Å². The highest BCUT2D eigenvalue weighted by Gasteiger charge is 2.10. The smallest absolute Gasteiger partial charge is 0.153 e. The average Bonchev–Trinajstić information content (AvgIpc) is 3.01. The van der Waals surface area contributed by atoms with Crippen molar-refractivity contribution in [2.24, 2.45) is 0 Å². The number of rotatable bonds is 5. The maximum absolute atomic E-state index is 9.12.